The van der Waals surface area contributed by atoms with Gasteiger partial charge in [-0.05, 0) is 6.92 Å². The molecule has 1 saturated heterocycles. The Balaban J connectivity index is 2.37. The van der Waals surface area contributed by atoms with Gasteiger partial charge in [-0.3, -0.25) is 9.59 Å². The van der Waals surface area contributed by atoms with Gasteiger partial charge in [-0.25, -0.2) is 4.79 Å². The van der Waals surface area contributed by atoms with Crippen LogP contribution in [0.25, 0.3) is 0 Å². The van der Waals surface area contributed by atoms with Gasteiger partial charge in [0.15, 0.2) is 0 Å². The van der Waals surface area contributed by atoms with Gasteiger partial charge in [0.1, 0.15) is 6.04 Å². The summed E-state index contributed by atoms with van der Waals surface area (Å²) < 4.78 is 0. The van der Waals surface area contributed by atoms with Crippen LogP contribution in [0.4, 0.5) is 4.79 Å². The molecule has 0 aromatic rings. The van der Waals surface area contributed by atoms with Gasteiger partial charge in [-0.1, -0.05) is 0 Å². The smallest absolute Gasteiger partial charge is 0.318 e. The molecule has 0 aliphatic carbocycles. The number of hydrogen-bond donors (Lipinski definition) is 2. The topological polar surface area (TPSA) is 90.0 Å². The molecule has 1 heterocycles. The molecule has 2 N–H and O–H groups in total. The monoisotopic (exact) mass is 243 g/mol. The van der Waals surface area contributed by atoms with Crippen LogP contribution < -0.4 is 5.32 Å². The van der Waals surface area contributed by atoms with Crippen LogP contribution in [0.3, 0.4) is 0 Å². The molecule has 3 amide bonds. The summed E-state index contributed by atoms with van der Waals surface area (Å²) >= 11 is 0. The third-order valence-corrected chi connectivity index (χ3v) is 2.67. The van der Waals surface area contributed by atoms with Crippen LogP contribution in [0, 0.1) is 5.92 Å². The van der Waals surface area contributed by atoms with E-state index in [1.165, 1.54) is 9.80 Å². The Morgan fingerprint density at radius 1 is 1.35 bits per heavy atom. The van der Waals surface area contributed by atoms with Crippen molar-refractivity contribution in [3.8, 4) is 0 Å². The quantitative estimate of drug-likeness (QED) is 0.678. The zero-order valence-electron chi connectivity index (χ0n) is 10.1. The van der Waals surface area contributed by atoms with E-state index in [9.17, 15) is 14.4 Å². The second-order valence-corrected chi connectivity index (χ2v) is 4.34. The Morgan fingerprint density at radius 3 is 2.29 bits per heavy atom. The van der Waals surface area contributed by atoms with Crippen molar-refractivity contribution in [2.75, 3.05) is 27.2 Å². The molecular formula is C10H17N3O4. The summed E-state index contributed by atoms with van der Waals surface area (Å²) in [5.41, 5.74) is 0. The lowest BCUT2D eigenvalue weighted by Gasteiger charge is -2.37. The normalized spacial score (nSPS) is 17.0. The van der Waals surface area contributed by atoms with Gasteiger partial charge in [0.2, 0.25) is 5.91 Å². The number of carboxylic acid groups (broad SMARTS) is 1. The summed E-state index contributed by atoms with van der Waals surface area (Å²) in [5.74, 6) is -1.58. The third-order valence-electron chi connectivity index (χ3n) is 2.67. The fourth-order valence-electron chi connectivity index (χ4n) is 1.53. The molecule has 0 bridgehead atoms. The summed E-state index contributed by atoms with van der Waals surface area (Å²) in [4.78, 5) is 36.4. The van der Waals surface area contributed by atoms with Gasteiger partial charge in [-0.15, -0.1) is 0 Å². The fraction of sp³-hybridized carbons (Fsp3) is 0.700. The summed E-state index contributed by atoms with van der Waals surface area (Å²) in [6.07, 6.45) is 0. The molecular weight excluding hydrogens is 226 g/mol. The molecule has 1 atom stereocenters. The first-order chi connectivity index (χ1) is 7.82. The zero-order valence-corrected chi connectivity index (χ0v) is 10.1. The van der Waals surface area contributed by atoms with Crippen LogP contribution in [0.1, 0.15) is 6.92 Å². The molecule has 0 saturated carbocycles. The highest BCUT2D eigenvalue weighted by Gasteiger charge is 2.36. The van der Waals surface area contributed by atoms with Gasteiger partial charge >= 0.3 is 12.0 Å². The number of carbonyl (C=O) groups is 3. The highest BCUT2D eigenvalue weighted by molar-refractivity contribution is 5.87. The number of urea groups is 1. The van der Waals surface area contributed by atoms with E-state index < -0.39 is 24.0 Å². The van der Waals surface area contributed by atoms with E-state index in [0.717, 1.165) is 0 Å². The van der Waals surface area contributed by atoms with Crippen LogP contribution in [-0.4, -0.2) is 66.0 Å². The molecule has 1 aliphatic heterocycles. The molecule has 7 nitrogen and oxygen atoms in total. The number of likely N-dealkylation sites (N-methyl/N-ethyl adjacent to an activating group) is 1. The number of nitrogens with one attached hydrogen (secondary N) is 1. The molecule has 0 radical (unpaired) electrons. The standard InChI is InChI=1S/C10H17N3O4/c1-6(8(14)12(2)3)11-10(17)13-4-7(5-13)9(15)16/h6-7H,4-5H2,1-3H3,(H,11,17)(H,15,16). The molecule has 0 spiro atoms. The van der Waals surface area contributed by atoms with E-state index in [1.54, 1.807) is 21.0 Å². The minimum atomic E-state index is -0.897. The van der Waals surface area contributed by atoms with E-state index in [2.05, 4.69) is 5.32 Å². The molecule has 0 aromatic carbocycles. The minimum Gasteiger partial charge on any atom is -0.481 e. The Morgan fingerprint density at radius 2 is 1.88 bits per heavy atom. The molecule has 96 valence electrons. The van der Waals surface area contributed by atoms with Crippen LogP contribution in [0.5, 0.6) is 0 Å². The van der Waals surface area contributed by atoms with E-state index in [-0.39, 0.29) is 19.0 Å². The van der Waals surface area contributed by atoms with E-state index in [0.29, 0.717) is 0 Å². The van der Waals surface area contributed by atoms with E-state index >= 15 is 0 Å². The van der Waals surface area contributed by atoms with E-state index in [4.69, 9.17) is 5.11 Å². The van der Waals surface area contributed by atoms with Crippen molar-refractivity contribution >= 4 is 17.9 Å². The van der Waals surface area contributed by atoms with Crippen LogP contribution in [0.15, 0.2) is 0 Å². The molecule has 1 aliphatic rings. The van der Waals surface area contributed by atoms with Gasteiger partial charge < -0.3 is 20.2 Å². The minimum absolute atomic E-state index is 0.198. The number of nitrogens with zero attached hydrogens (tertiary/aromatic N) is 2. The number of aliphatic carboxylic acids is 1. The second-order valence-electron chi connectivity index (χ2n) is 4.34. The molecule has 1 fully saturated rings. The number of hydrogen-bond acceptors (Lipinski definition) is 3. The Hall–Kier alpha value is -1.79. The van der Waals surface area contributed by atoms with Crippen molar-refractivity contribution in [3.63, 3.8) is 0 Å². The zero-order chi connectivity index (χ0) is 13.2. The number of likely N-dealkylation sites (tertiary alicyclic amines) is 1. The van der Waals surface area contributed by atoms with Crippen LogP contribution in [-0.2, 0) is 9.59 Å². The lowest BCUT2D eigenvalue weighted by Crippen LogP contribution is -2.58. The first kappa shape index (κ1) is 13.3. The average molecular weight is 243 g/mol. The van der Waals surface area contributed by atoms with Gasteiger partial charge in [-0.2, -0.15) is 0 Å². The molecule has 1 unspecified atom stereocenters. The predicted molar refractivity (Wildman–Crippen MR) is 59.4 cm³/mol. The lowest BCUT2D eigenvalue weighted by atomic mass is 10.0. The van der Waals surface area contributed by atoms with Gasteiger partial charge in [0, 0.05) is 27.2 Å². The van der Waals surface area contributed by atoms with Gasteiger partial charge in [0.25, 0.3) is 0 Å². The SMILES string of the molecule is CC(NC(=O)N1CC(C(=O)O)C1)C(=O)N(C)C. The predicted octanol–water partition coefficient (Wildman–Crippen LogP) is -0.811. The Bertz CT molecular complexity index is 336. The average Bonchev–Trinajstić information content (AvgIpc) is 2.12. The highest BCUT2D eigenvalue weighted by atomic mass is 16.4. The van der Waals surface area contributed by atoms with E-state index in [1.807, 2.05) is 0 Å². The highest BCUT2D eigenvalue weighted by Crippen LogP contribution is 2.15. The Kier molecular flexibility index (Phi) is 3.93. The largest absolute Gasteiger partial charge is 0.481 e. The summed E-state index contributed by atoms with van der Waals surface area (Å²) in [5, 5.41) is 11.2. The van der Waals surface area contributed by atoms with Crippen LogP contribution in [0.2, 0.25) is 0 Å². The summed E-state index contributed by atoms with van der Waals surface area (Å²) in [6.45, 7) is 1.99. The summed E-state index contributed by atoms with van der Waals surface area (Å²) in [6, 6.07) is -1.01. The second kappa shape index (κ2) is 5.03. The van der Waals surface area contributed by atoms with Crippen molar-refractivity contribution in [1.82, 2.24) is 15.1 Å². The number of rotatable bonds is 3. The van der Waals surface area contributed by atoms with Crippen molar-refractivity contribution < 1.29 is 19.5 Å². The number of carbonyl (C=O) groups excluding carboxylic acids is 2. The van der Waals surface area contributed by atoms with Crippen molar-refractivity contribution in [1.29, 1.82) is 0 Å². The first-order valence-corrected chi connectivity index (χ1v) is 5.32. The fourth-order valence-corrected chi connectivity index (χ4v) is 1.53. The van der Waals surface area contributed by atoms with Gasteiger partial charge in [0.05, 0.1) is 5.92 Å². The number of amides is 3. The third kappa shape index (κ3) is 3.08. The van der Waals surface area contributed by atoms with Crippen LogP contribution >= 0.6 is 0 Å². The van der Waals surface area contributed by atoms with Crippen molar-refractivity contribution in [2.45, 2.75) is 13.0 Å². The Labute approximate surface area is 99.4 Å². The molecule has 0 aromatic heterocycles. The van der Waals surface area contributed by atoms with Crippen molar-refractivity contribution in [2.24, 2.45) is 5.92 Å². The summed E-state index contributed by atoms with van der Waals surface area (Å²) in [7, 11) is 3.21. The maximum atomic E-state index is 11.6. The lowest BCUT2D eigenvalue weighted by molar-refractivity contribution is -0.146. The molecule has 17 heavy (non-hydrogen) atoms. The molecule has 7 heteroatoms. The number of carboxylic acids is 1. The maximum absolute atomic E-state index is 11.6. The maximum Gasteiger partial charge on any atom is 0.318 e. The molecule has 1 rings (SSSR count). The van der Waals surface area contributed by atoms with Crippen molar-refractivity contribution in [3.05, 3.63) is 0 Å². The first-order valence-electron chi connectivity index (χ1n) is 5.32.